The SMILES string of the molecule is CCOC(=O)C(CN1CCC(C)C1)(NC)c1ccccc1. The third-order valence-electron chi connectivity index (χ3n) is 4.29. The van der Waals surface area contributed by atoms with E-state index in [0.29, 0.717) is 19.1 Å². The number of likely N-dealkylation sites (N-methyl/N-ethyl adjacent to an activating group) is 1. The molecule has 1 N–H and O–H groups in total. The van der Waals surface area contributed by atoms with Gasteiger partial charge < -0.3 is 15.0 Å². The van der Waals surface area contributed by atoms with E-state index >= 15 is 0 Å². The van der Waals surface area contributed by atoms with Crippen molar-refractivity contribution in [3.05, 3.63) is 35.9 Å². The van der Waals surface area contributed by atoms with E-state index in [1.807, 2.05) is 44.3 Å². The molecule has 0 aliphatic carbocycles. The Bertz CT molecular complexity index is 463. The molecule has 1 aromatic carbocycles. The predicted molar refractivity (Wildman–Crippen MR) is 84.0 cm³/mol. The molecule has 1 fully saturated rings. The fourth-order valence-corrected chi connectivity index (χ4v) is 3.08. The van der Waals surface area contributed by atoms with Crippen molar-refractivity contribution in [2.75, 3.05) is 33.3 Å². The summed E-state index contributed by atoms with van der Waals surface area (Å²) in [4.78, 5) is 15.0. The summed E-state index contributed by atoms with van der Waals surface area (Å²) in [6.07, 6.45) is 1.19. The Balaban J connectivity index is 2.30. The van der Waals surface area contributed by atoms with Crippen molar-refractivity contribution in [3.63, 3.8) is 0 Å². The molecule has 0 saturated carbocycles. The van der Waals surface area contributed by atoms with Gasteiger partial charge in [-0.05, 0) is 38.4 Å². The summed E-state index contributed by atoms with van der Waals surface area (Å²) in [5.74, 6) is 0.496. The van der Waals surface area contributed by atoms with Gasteiger partial charge in [0, 0.05) is 13.1 Å². The van der Waals surface area contributed by atoms with Gasteiger partial charge in [0.05, 0.1) is 6.61 Å². The minimum absolute atomic E-state index is 0.196. The molecule has 4 nitrogen and oxygen atoms in total. The number of hydrogen-bond acceptors (Lipinski definition) is 4. The number of nitrogens with one attached hydrogen (secondary N) is 1. The smallest absolute Gasteiger partial charge is 0.332 e. The largest absolute Gasteiger partial charge is 0.464 e. The molecule has 1 heterocycles. The lowest BCUT2D eigenvalue weighted by molar-refractivity contribution is -0.152. The monoisotopic (exact) mass is 290 g/mol. The van der Waals surface area contributed by atoms with E-state index in [2.05, 4.69) is 17.1 Å². The first-order valence-electron chi connectivity index (χ1n) is 7.76. The van der Waals surface area contributed by atoms with Gasteiger partial charge in [0.15, 0.2) is 5.54 Å². The number of benzene rings is 1. The minimum Gasteiger partial charge on any atom is -0.464 e. The second kappa shape index (κ2) is 7.05. The van der Waals surface area contributed by atoms with Crippen LogP contribution in [0.25, 0.3) is 0 Å². The maximum absolute atomic E-state index is 12.7. The quantitative estimate of drug-likeness (QED) is 0.814. The summed E-state index contributed by atoms with van der Waals surface area (Å²) in [6.45, 7) is 7.23. The molecule has 2 unspecified atom stereocenters. The highest BCUT2D eigenvalue weighted by Crippen LogP contribution is 2.27. The van der Waals surface area contributed by atoms with Gasteiger partial charge in [-0.25, -0.2) is 4.79 Å². The van der Waals surface area contributed by atoms with Crippen molar-refractivity contribution in [2.24, 2.45) is 5.92 Å². The lowest BCUT2D eigenvalue weighted by atomic mass is 9.89. The van der Waals surface area contributed by atoms with Crippen LogP contribution in [-0.2, 0) is 15.1 Å². The Kier molecular flexibility index (Phi) is 5.37. The molecule has 1 saturated heterocycles. The summed E-state index contributed by atoms with van der Waals surface area (Å²) in [5, 5.41) is 3.24. The van der Waals surface area contributed by atoms with Gasteiger partial charge in [0.2, 0.25) is 0 Å². The van der Waals surface area contributed by atoms with Crippen LogP contribution in [0.1, 0.15) is 25.8 Å². The van der Waals surface area contributed by atoms with Gasteiger partial charge in [0.1, 0.15) is 0 Å². The zero-order valence-corrected chi connectivity index (χ0v) is 13.3. The second-order valence-electron chi connectivity index (χ2n) is 5.87. The molecule has 1 aliphatic heterocycles. The molecule has 0 aromatic heterocycles. The Morgan fingerprint density at radius 3 is 2.67 bits per heavy atom. The fourth-order valence-electron chi connectivity index (χ4n) is 3.08. The number of carbonyl (C=O) groups is 1. The van der Waals surface area contributed by atoms with Crippen LogP contribution in [0.5, 0.6) is 0 Å². The summed E-state index contributed by atoms with van der Waals surface area (Å²) >= 11 is 0. The third-order valence-corrected chi connectivity index (χ3v) is 4.29. The van der Waals surface area contributed by atoms with Crippen molar-refractivity contribution < 1.29 is 9.53 Å². The van der Waals surface area contributed by atoms with E-state index in [-0.39, 0.29) is 5.97 Å². The molecule has 0 amide bonds. The van der Waals surface area contributed by atoms with E-state index in [0.717, 1.165) is 18.7 Å². The van der Waals surface area contributed by atoms with Crippen molar-refractivity contribution in [2.45, 2.75) is 25.8 Å². The number of rotatable bonds is 6. The molecule has 21 heavy (non-hydrogen) atoms. The van der Waals surface area contributed by atoms with Gasteiger partial charge in [-0.1, -0.05) is 37.3 Å². The van der Waals surface area contributed by atoms with Gasteiger partial charge in [-0.2, -0.15) is 0 Å². The number of likely N-dealkylation sites (tertiary alicyclic amines) is 1. The predicted octanol–water partition coefficient (Wildman–Crippen LogP) is 2.01. The average molecular weight is 290 g/mol. The molecule has 0 bridgehead atoms. The number of esters is 1. The van der Waals surface area contributed by atoms with Crippen LogP contribution in [0.3, 0.4) is 0 Å². The first-order chi connectivity index (χ1) is 10.1. The molecular formula is C17H26N2O2. The highest BCUT2D eigenvalue weighted by atomic mass is 16.5. The number of nitrogens with zero attached hydrogens (tertiary/aromatic N) is 1. The van der Waals surface area contributed by atoms with Crippen molar-refractivity contribution >= 4 is 5.97 Å². The van der Waals surface area contributed by atoms with Crippen LogP contribution >= 0.6 is 0 Å². The lowest BCUT2D eigenvalue weighted by Gasteiger charge is -2.35. The van der Waals surface area contributed by atoms with Crippen molar-refractivity contribution in [1.82, 2.24) is 10.2 Å². The van der Waals surface area contributed by atoms with Gasteiger partial charge in [-0.15, -0.1) is 0 Å². The Hall–Kier alpha value is -1.39. The first-order valence-corrected chi connectivity index (χ1v) is 7.76. The van der Waals surface area contributed by atoms with Crippen LogP contribution in [0, 0.1) is 5.92 Å². The summed E-state index contributed by atoms with van der Waals surface area (Å²) in [7, 11) is 1.84. The molecule has 1 aliphatic rings. The highest BCUT2D eigenvalue weighted by Gasteiger charge is 2.42. The maximum Gasteiger partial charge on any atom is 0.332 e. The normalized spacial score (nSPS) is 22.0. The minimum atomic E-state index is -0.790. The summed E-state index contributed by atoms with van der Waals surface area (Å²) in [6, 6.07) is 9.88. The Morgan fingerprint density at radius 1 is 1.43 bits per heavy atom. The van der Waals surface area contributed by atoms with Crippen LogP contribution in [0.2, 0.25) is 0 Å². The molecule has 2 atom stereocenters. The zero-order valence-electron chi connectivity index (χ0n) is 13.3. The second-order valence-corrected chi connectivity index (χ2v) is 5.87. The highest BCUT2D eigenvalue weighted by molar-refractivity contribution is 5.83. The summed E-state index contributed by atoms with van der Waals surface area (Å²) < 4.78 is 5.36. The van der Waals surface area contributed by atoms with E-state index in [1.54, 1.807) is 0 Å². The average Bonchev–Trinajstić information content (AvgIpc) is 2.91. The maximum atomic E-state index is 12.7. The molecule has 1 aromatic rings. The Labute approximate surface area is 127 Å². The molecule has 0 radical (unpaired) electrons. The Morgan fingerprint density at radius 2 is 2.14 bits per heavy atom. The molecule has 116 valence electrons. The van der Waals surface area contributed by atoms with Crippen LogP contribution in [0.15, 0.2) is 30.3 Å². The van der Waals surface area contributed by atoms with Crippen LogP contribution < -0.4 is 5.32 Å². The molecule has 0 spiro atoms. The lowest BCUT2D eigenvalue weighted by Crippen LogP contribution is -2.55. The van der Waals surface area contributed by atoms with E-state index in [9.17, 15) is 4.79 Å². The van der Waals surface area contributed by atoms with E-state index < -0.39 is 5.54 Å². The topological polar surface area (TPSA) is 41.6 Å². The summed E-state index contributed by atoms with van der Waals surface area (Å²) in [5.41, 5.74) is 0.173. The molecule has 4 heteroatoms. The number of ether oxygens (including phenoxy) is 1. The molecule has 2 rings (SSSR count). The molecular weight excluding hydrogens is 264 g/mol. The number of hydrogen-bond donors (Lipinski definition) is 1. The van der Waals surface area contributed by atoms with Gasteiger partial charge in [-0.3, -0.25) is 0 Å². The fraction of sp³-hybridized carbons (Fsp3) is 0.588. The van der Waals surface area contributed by atoms with Gasteiger partial charge in [0.25, 0.3) is 0 Å². The van der Waals surface area contributed by atoms with Gasteiger partial charge >= 0.3 is 5.97 Å². The third kappa shape index (κ3) is 3.44. The van der Waals surface area contributed by atoms with E-state index in [4.69, 9.17) is 4.74 Å². The first kappa shape index (κ1) is 16.0. The van der Waals surface area contributed by atoms with Crippen molar-refractivity contribution in [3.8, 4) is 0 Å². The van der Waals surface area contributed by atoms with Crippen LogP contribution in [-0.4, -0.2) is 44.2 Å². The van der Waals surface area contributed by atoms with E-state index in [1.165, 1.54) is 6.42 Å². The van der Waals surface area contributed by atoms with Crippen molar-refractivity contribution in [1.29, 1.82) is 0 Å². The number of carbonyl (C=O) groups excluding carboxylic acids is 1. The zero-order chi connectivity index (χ0) is 15.3. The standard InChI is InChI=1S/C17H26N2O2/c1-4-21-16(20)17(18-3,15-8-6-5-7-9-15)13-19-11-10-14(2)12-19/h5-9,14,18H,4,10-13H2,1-3H3. The van der Waals surface area contributed by atoms with Crippen LogP contribution in [0.4, 0.5) is 0 Å².